The number of halogens is 1. The molecule has 42 heavy (non-hydrogen) atoms. The van der Waals surface area contributed by atoms with E-state index >= 15 is 0 Å². The third-order valence-electron chi connectivity index (χ3n) is 13.8. The van der Waals surface area contributed by atoms with E-state index < -0.39 is 0 Å². The summed E-state index contributed by atoms with van der Waals surface area (Å²) < 4.78 is 0. The first-order chi connectivity index (χ1) is 20.8. The monoisotopic (exact) mass is 694 g/mol. The van der Waals surface area contributed by atoms with Crippen molar-refractivity contribution in [1.82, 2.24) is 42.5 Å². The minimum atomic E-state index is 0.420. The Hall–Kier alpha value is 0.679. The van der Waals surface area contributed by atoms with Crippen molar-refractivity contribution >= 4 is 14.1 Å². The zero-order valence-electron chi connectivity index (χ0n) is 25.2. The van der Waals surface area contributed by atoms with Gasteiger partial charge in [-0.3, -0.25) is 42.5 Å². The summed E-state index contributed by atoms with van der Waals surface area (Å²) in [6, 6.07) is 0. The number of hydrogen-bond acceptors (Lipinski definition) is 8. The van der Waals surface area contributed by atoms with Crippen molar-refractivity contribution in [3.8, 4) is 0 Å². The first-order valence-corrected chi connectivity index (χ1v) is 20.3. The number of rotatable bonds is 0. The SMILES string of the molecule is C1CCC2C3NC(NC4NC(NC5NC(NC6NC(N3)C3CCCCC63)C3CCCCC53)C3CCCCC43)C2C1.[Cu][Br]. The van der Waals surface area contributed by atoms with E-state index in [1.165, 1.54) is 103 Å². The van der Waals surface area contributed by atoms with Crippen LogP contribution in [0.2, 0.25) is 0 Å². The topological polar surface area (TPSA) is 96.2 Å². The molecule has 9 rings (SSSR count). The molecule has 8 bridgehead atoms. The molecule has 0 aromatic rings. The Balaban J connectivity index is 0.00000131. The van der Waals surface area contributed by atoms with Crippen LogP contribution in [0.4, 0.5) is 0 Å². The average Bonchev–Trinajstić information content (AvgIpc) is 3.78. The Morgan fingerprint density at radius 2 is 0.381 bits per heavy atom. The van der Waals surface area contributed by atoms with Gasteiger partial charge in [0.1, 0.15) is 0 Å². The molecule has 5 aliphatic heterocycles. The molecule has 9 fully saturated rings. The molecular weight excluding hydrogens is 640 g/mol. The van der Waals surface area contributed by atoms with Gasteiger partial charge in [0.15, 0.2) is 0 Å². The van der Waals surface area contributed by atoms with Gasteiger partial charge in [-0.25, -0.2) is 0 Å². The molecule has 5 saturated heterocycles. The Morgan fingerprint density at radius 1 is 0.262 bits per heavy atom. The van der Waals surface area contributed by atoms with E-state index in [4.69, 9.17) is 0 Å². The molecule has 8 nitrogen and oxygen atoms in total. The van der Waals surface area contributed by atoms with Gasteiger partial charge >= 0.3 is 28.3 Å². The first-order valence-electron chi connectivity index (χ1n) is 18.0. The van der Waals surface area contributed by atoms with Crippen LogP contribution in [0.1, 0.15) is 103 Å². The molecule has 5 heterocycles. The van der Waals surface area contributed by atoms with Crippen LogP contribution in [-0.4, -0.2) is 49.3 Å². The molecule has 0 spiro atoms. The second-order valence-electron chi connectivity index (χ2n) is 15.6. The molecule has 0 amide bonds. The van der Waals surface area contributed by atoms with E-state index in [1.54, 1.807) is 0 Å². The summed E-state index contributed by atoms with van der Waals surface area (Å²) in [5, 5.41) is 33.8. The van der Waals surface area contributed by atoms with Crippen LogP contribution in [0.5, 0.6) is 0 Å². The molecular formula is C32H56BrCuN8. The van der Waals surface area contributed by atoms with Crippen LogP contribution in [0, 0.1) is 47.3 Å². The summed E-state index contributed by atoms with van der Waals surface area (Å²) in [6.07, 6.45) is 25.6. The van der Waals surface area contributed by atoms with Gasteiger partial charge in [0.2, 0.25) is 0 Å². The van der Waals surface area contributed by atoms with Gasteiger partial charge < -0.3 is 0 Å². The second-order valence-corrected chi connectivity index (χ2v) is 15.6. The molecule has 4 saturated carbocycles. The fourth-order valence-corrected chi connectivity index (χ4v) is 12.0. The zero-order valence-corrected chi connectivity index (χ0v) is 27.8. The Kier molecular flexibility index (Phi) is 9.34. The summed E-state index contributed by atoms with van der Waals surface area (Å²) >= 11 is 6.50. The summed E-state index contributed by atoms with van der Waals surface area (Å²) in [5.41, 5.74) is 0. The summed E-state index contributed by atoms with van der Waals surface area (Å²) in [7, 11) is 0. The minimum absolute atomic E-state index is 0.420. The predicted molar refractivity (Wildman–Crippen MR) is 166 cm³/mol. The maximum absolute atomic E-state index is 4.26. The van der Waals surface area contributed by atoms with E-state index in [1.807, 2.05) is 0 Å². The van der Waals surface area contributed by atoms with Crippen molar-refractivity contribution in [3.05, 3.63) is 0 Å². The van der Waals surface area contributed by atoms with Crippen LogP contribution < -0.4 is 42.5 Å². The van der Waals surface area contributed by atoms with Crippen molar-refractivity contribution < 1.29 is 14.2 Å². The Labute approximate surface area is 269 Å². The number of hydrogen-bond donors (Lipinski definition) is 8. The van der Waals surface area contributed by atoms with E-state index in [0.717, 1.165) is 47.3 Å². The second kappa shape index (κ2) is 13.1. The Bertz CT molecular complexity index is 723. The molecule has 4 aliphatic carbocycles. The van der Waals surface area contributed by atoms with Crippen LogP contribution in [-0.2, 0) is 14.2 Å². The maximum atomic E-state index is 4.26. The predicted octanol–water partition coefficient (Wildman–Crippen LogP) is 3.45. The summed E-state index contributed by atoms with van der Waals surface area (Å²) in [6.45, 7) is 0. The van der Waals surface area contributed by atoms with E-state index in [9.17, 15) is 0 Å². The standard InChI is InChI=1S/C32H56N8.BrH.Cu/c1-2-10-18-17(9-1)25-33-26(18)38-28-21-13-5-6-14-22(21)30(35-28)40-32-24-16-8-7-15-23(24)31(36-32)39-29-20-12-4-3-11-19(20)27(34-29)37-25;;/h17-40H,1-16H2;1H;/q;;+1/p-1. The van der Waals surface area contributed by atoms with Crippen molar-refractivity contribution in [2.24, 2.45) is 47.3 Å². The van der Waals surface area contributed by atoms with Crippen LogP contribution in [0.25, 0.3) is 0 Å². The van der Waals surface area contributed by atoms with Gasteiger partial charge in [-0.1, -0.05) is 51.4 Å². The van der Waals surface area contributed by atoms with E-state index in [-0.39, 0.29) is 0 Å². The third-order valence-corrected chi connectivity index (χ3v) is 13.8. The van der Waals surface area contributed by atoms with Crippen LogP contribution in [0.15, 0.2) is 0 Å². The molecule has 8 N–H and O–H groups in total. The first kappa shape index (κ1) is 30.0. The normalized spacial score (nSPS) is 55.0. The fourth-order valence-electron chi connectivity index (χ4n) is 12.0. The molecule has 9 aliphatic rings. The Morgan fingerprint density at radius 3 is 0.500 bits per heavy atom. The van der Waals surface area contributed by atoms with E-state index in [0.29, 0.717) is 49.3 Å². The van der Waals surface area contributed by atoms with Gasteiger partial charge in [0, 0.05) is 0 Å². The summed E-state index contributed by atoms with van der Waals surface area (Å²) in [5.74, 6) is 5.97. The zero-order chi connectivity index (χ0) is 28.2. The molecule has 0 aromatic carbocycles. The van der Waals surface area contributed by atoms with Gasteiger partial charge in [-0.05, 0) is 98.7 Å². The number of fused-ring (bicyclic) bond motifs is 20. The summed E-state index contributed by atoms with van der Waals surface area (Å²) in [4.78, 5) is 0. The molecule has 8 unspecified atom stereocenters. The van der Waals surface area contributed by atoms with Crippen molar-refractivity contribution in [3.63, 3.8) is 0 Å². The van der Waals surface area contributed by atoms with E-state index in [2.05, 4.69) is 70.8 Å². The molecule has 0 aromatic heterocycles. The van der Waals surface area contributed by atoms with Crippen molar-refractivity contribution in [2.75, 3.05) is 0 Å². The third kappa shape index (κ3) is 5.42. The molecule has 10 heteroatoms. The average molecular weight is 696 g/mol. The molecule has 8 atom stereocenters. The molecule has 0 radical (unpaired) electrons. The van der Waals surface area contributed by atoms with Gasteiger partial charge in [0.05, 0.1) is 49.3 Å². The van der Waals surface area contributed by atoms with Crippen LogP contribution in [0.3, 0.4) is 0 Å². The van der Waals surface area contributed by atoms with Gasteiger partial charge in [-0.15, -0.1) is 0 Å². The van der Waals surface area contributed by atoms with Gasteiger partial charge in [-0.2, -0.15) is 0 Å². The quantitative estimate of drug-likeness (QED) is 0.183. The van der Waals surface area contributed by atoms with Crippen LogP contribution >= 0.6 is 14.1 Å². The van der Waals surface area contributed by atoms with Gasteiger partial charge in [0.25, 0.3) is 0 Å². The number of nitrogens with one attached hydrogen (secondary N) is 8. The molecule has 242 valence electrons. The van der Waals surface area contributed by atoms with Crippen molar-refractivity contribution in [2.45, 2.75) is 152 Å². The fraction of sp³-hybridized carbons (Fsp3) is 1.00. The van der Waals surface area contributed by atoms with Crippen molar-refractivity contribution in [1.29, 1.82) is 0 Å².